The van der Waals surface area contributed by atoms with E-state index >= 15 is 0 Å². The Morgan fingerprint density at radius 1 is 1.50 bits per heavy atom. The van der Waals surface area contributed by atoms with Crippen LogP contribution < -0.4 is 5.32 Å². The maximum atomic E-state index is 12.6. The number of amides is 1. The first-order chi connectivity index (χ1) is 9.72. The topological polar surface area (TPSA) is 45.2 Å². The Kier molecular flexibility index (Phi) is 5.80. The van der Waals surface area contributed by atoms with Gasteiger partial charge in [0.1, 0.15) is 0 Å². The minimum Gasteiger partial charge on any atom is -0.338 e. The highest BCUT2D eigenvalue weighted by Gasteiger charge is 2.22. The van der Waals surface area contributed by atoms with E-state index in [4.69, 9.17) is 11.6 Å². The molecule has 110 valence electrons. The van der Waals surface area contributed by atoms with Gasteiger partial charge in [-0.05, 0) is 44.3 Å². The number of piperidine rings is 1. The Morgan fingerprint density at radius 2 is 2.25 bits per heavy atom. The zero-order chi connectivity index (χ0) is 14.4. The maximum Gasteiger partial charge on any atom is 0.255 e. The Bertz CT molecular complexity index is 446. The van der Waals surface area contributed by atoms with Gasteiger partial charge in [-0.25, -0.2) is 0 Å². The monoisotopic (exact) mass is 295 g/mol. The lowest BCUT2D eigenvalue weighted by Crippen LogP contribution is -2.39. The fourth-order valence-electron chi connectivity index (χ4n) is 2.64. The molecular weight excluding hydrogens is 274 g/mol. The van der Waals surface area contributed by atoms with Crippen LogP contribution in [0.15, 0.2) is 18.5 Å². The van der Waals surface area contributed by atoms with Crippen molar-refractivity contribution in [3.63, 3.8) is 0 Å². The van der Waals surface area contributed by atoms with Gasteiger partial charge in [0, 0.05) is 25.5 Å². The van der Waals surface area contributed by atoms with E-state index < -0.39 is 0 Å². The van der Waals surface area contributed by atoms with Crippen LogP contribution in [0.3, 0.4) is 0 Å². The van der Waals surface area contributed by atoms with Gasteiger partial charge in [0.15, 0.2) is 0 Å². The highest BCUT2D eigenvalue weighted by Crippen LogP contribution is 2.19. The van der Waals surface area contributed by atoms with Crippen molar-refractivity contribution < 1.29 is 4.79 Å². The van der Waals surface area contributed by atoms with Crippen molar-refractivity contribution in [1.82, 2.24) is 15.2 Å². The molecule has 4 nitrogen and oxygen atoms in total. The summed E-state index contributed by atoms with van der Waals surface area (Å²) in [5.74, 6) is 0.616. The largest absolute Gasteiger partial charge is 0.338 e. The molecule has 5 heteroatoms. The van der Waals surface area contributed by atoms with Crippen molar-refractivity contribution >= 4 is 17.5 Å². The van der Waals surface area contributed by atoms with Crippen LogP contribution in [-0.4, -0.2) is 42.0 Å². The van der Waals surface area contributed by atoms with Crippen molar-refractivity contribution in [2.45, 2.75) is 26.2 Å². The lowest BCUT2D eigenvalue weighted by molar-refractivity contribution is 0.0716. The van der Waals surface area contributed by atoms with Gasteiger partial charge >= 0.3 is 0 Å². The molecule has 0 radical (unpaired) electrons. The quantitative estimate of drug-likeness (QED) is 0.908. The van der Waals surface area contributed by atoms with Crippen molar-refractivity contribution in [3.8, 4) is 0 Å². The van der Waals surface area contributed by atoms with Gasteiger partial charge in [0.25, 0.3) is 5.91 Å². The third-order valence-electron chi connectivity index (χ3n) is 3.72. The van der Waals surface area contributed by atoms with Crippen molar-refractivity contribution in [1.29, 1.82) is 0 Å². The minimum atomic E-state index is 0.0257. The lowest BCUT2D eigenvalue weighted by atomic mass is 9.97. The summed E-state index contributed by atoms with van der Waals surface area (Å²) in [6.45, 7) is 5.80. The first-order valence-electron chi connectivity index (χ1n) is 7.32. The van der Waals surface area contributed by atoms with E-state index in [9.17, 15) is 4.79 Å². The Balaban J connectivity index is 2.07. The molecule has 1 aliphatic rings. The highest BCUT2D eigenvalue weighted by molar-refractivity contribution is 6.33. The number of pyridine rings is 1. The SMILES string of the molecule is CCCN(CC1CCNCC1)C(=O)c1ccncc1Cl. The van der Waals surface area contributed by atoms with Crippen molar-refractivity contribution in [3.05, 3.63) is 29.0 Å². The average Bonchev–Trinajstić information content (AvgIpc) is 2.48. The number of hydrogen-bond acceptors (Lipinski definition) is 3. The molecular formula is C15H22ClN3O. The molecule has 0 spiro atoms. The van der Waals surface area contributed by atoms with Crippen LogP contribution in [0.5, 0.6) is 0 Å². The van der Waals surface area contributed by atoms with E-state index in [0.717, 1.165) is 45.4 Å². The molecule has 1 N–H and O–H groups in total. The number of aromatic nitrogens is 1. The molecule has 2 heterocycles. The van der Waals surface area contributed by atoms with Gasteiger partial charge in [0.2, 0.25) is 0 Å². The second-order valence-electron chi connectivity index (χ2n) is 5.30. The third kappa shape index (κ3) is 3.93. The molecule has 0 aromatic carbocycles. The third-order valence-corrected chi connectivity index (χ3v) is 4.02. The molecule has 2 rings (SSSR count). The molecule has 1 fully saturated rings. The van der Waals surface area contributed by atoms with Crippen LogP contribution in [-0.2, 0) is 0 Å². The summed E-state index contributed by atoms with van der Waals surface area (Å²) in [6.07, 6.45) is 6.38. The van der Waals surface area contributed by atoms with E-state index in [-0.39, 0.29) is 5.91 Å². The summed E-state index contributed by atoms with van der Waals surface area (Å²) >= 11 is 6.09. The fraction of sp³-hybridized carbons (Fsp3) is 0.600. The molecule has 0 aliphatic carbocycles. The number of rotatable bonds is 5. The van der Waals surface area contributed by atoms with Crippen LogP contribution in [0.1, 0.15) is 36.5 Å². The van der Waals surface area contributed by atoms with Crippen LogP contribution in [0, 0.1) is 5.92 Å². The molecule has 0 unspecified atom stereocenters. The summed E-state index contributed by atoms with van der Waals surface area (Å²) in [5.41, 5.74) is 0.559. The van der Waals surface area contributed by atoms with Crippen LogP contribution in [0.4, 0.5) is 0 Å². The molecule has 1 saturated heterocycles. The van der Waals surface area contributed by atoms with Gasteiger partial charge in [-0.2, -0.15) is 0 Å². The predicted molar refractivity (Wildman–Crippen MR) is 81.0 cm³/mol. The summed E-state index contributed by atoms with van der Waals surface area (Å²) in [5, 5.41) is 3.79. The summed E-state index contributed by atoms with van der Waals surface area (Å²) in [7, 11) is 0. The number of nitrogens with one attached hydrogen (secondary N) is 1. The number of halogens is 1. The number of hydrogen-bond donors (Lipinski definition) is 1. The zero-order valence-corrected chi connectivity index (χ0v) is 12.7. The van der Waals surface area contributed by atoms with E-state index in [2.05, 4.69) is 17.2 Å². The van der Waals surface area contributed by atoms with E-state index in [1.165, 1.54) is 6.20 Å². The normalized spacial score (nSPS) is 16.1. The van der Waals surface area contributed by atoms with E-state index in [1.807, 2.05) is 4.90 Å². The molecule has 1 aromatic heterocycles. The smallest absolute Gasteiger partial charge is 0.255 e. The molecule has 1 aromatic rings. The van der Waals surface area contributed by atoms with Crippen LogP contribution in [0.25, 0.3) is 0 Å². The average molecular weight is 296 g/mol. The predicted octanol–water partition coefficient (Wildman–Crippen LogP) is 2.59. The van der Waals surface area contributed by atoms with E-state index in [0.29, 0.717) is 16.5 Å². The second-order valence-corrected chi connectivity index (χ2v) is 5.71. The number of nitrogens with zero attached hydrogens (tertiary/aromatic N) is 2. The molecule has 0 bridgehead atoms. The van der Waals surface area contributed by atoms with Gasteiger partial charge in [-0.15, -0.1) is 0 Å². The van der Waals surface area contributed by atoms with Crippen molar-refractivity contribution in [2.24, 2.45) is 5.92 Å². The Hall–Kier alpha value is -1.13. The molecule has 20 heavy (non-hydrogen) atoms. The fourth-order valence-corrected chi connectivity index (χ4v) is 2.84. The van der Waals surface area contributed by atoms with Gasteiger partial charge < -0.3 is 10.2 Å². The molecule has 0 atom stereocenters. The van der Waals surface area contributed by atoms with Crippen LogP contribution >= 0.6 is 11.6 Å². The minimum absolute atomic E-state index is 0.0257. The molecule has 0 saturated carbocycles. The number of carbonyl (C=O) groups excluding carboxylic acids is 1. The maximum absolute atomic E-state index is 12.6. The highest BCUT2D eigenvalue weighted by atomic mass is 35.5. The molecule has 1 amide bonds. The summed E-state index contributed by atoms with van der Waals surface area (Å²) < 4.78 is 0. The van der Waals surface area contributed by atoms with Gasteiger partial charge in [-0.1, -0.05) is 18.5 Å². The van der Waals surface area contributed by atoms with E-state index in [1.54, 1.807) is 12.3 Å². The van der Waals surface area contributed by atoms with Crippen molar-refractivity contribution in [2.75, 3.05) is 26.2 Å². The first-order valence-corrected chi connectivity index (χ1v) is 7.69. The Labute approximate surface area is 125 Å². The summed E-state index contributed by atoms with van der Waals surface area (Å²) in [4.78, 5) is 18.5. The first kappa shape index (κ1) is 15.3. The summed E-state index contributed by atoms with van der Waals surface area (Å²) in [6, 6.07) is 1.70. The van der Waals surface area contributed by atoms with Crippen LogP contribution in [0.2, 0.25) is 5.02 Å². The van der Waals surface area contributed by atoms with Gasteiger partial charge in [0.05, 0.1) is 10.6 Å². The standard InChI is InChI=1S/C15H22ClN3O/c1-2-9-19(11-12-3-6-17-7-4-12)15(20)13-5-8-18-10-14(13)16/h5,8,10,12,17H,2-4,6-7,9,11H2,1H3. The van der Waals surface area contributed by atoms with Gasteiger partial charge in [-0.3, -0.25) is 9.78 Å². The second kappa shape index (κ2) is 7.60. The zero-order valence-electron chi connectivity index (χ0n) is 11.9. The Morgan fingerprint density at radius 3 is 2.90 bits per heavy atom. The number of carbonyl (C=O) groups is 1. The lowest BCUT2D eigenvalue weighted by Gasteiger charge is -2.30. The molecule has 1 aliphatic heterocycles.